The number of aromatic nitrogens is 2. The molecule has 0 saturated heterocycles. The fourth-order valence-corrected chi connectivity index (χ4v) is 3.45. The van der Waals surface area contributed by atoms with Crippen molar-refractivity contribution in [3.63, 3.8) is 0 Å². The highest BCUT2D eigenvalue weighted by Gasteiger charge is 2.15. The maximum absolute atomic E-state index is 13.1. The Bertz CT molecular complexity index is 1340. The SMILES string of the molecule is Cc1cc2c(cn1)cc(-c1cc(C(=O)Nc3ccc(F)cc3)ccc1C)c(=O)n2C. The predicted octanol–water partition coefficient (Wildman–Crippen LogP) is 4.61. The number of pyridine rings is 2. The minimum Gasteiger partial charge on any atom is -0.322 e. The van der Waals surface area contributed by atoms with Crippen LogP contribution in [0.3, 0.4) is 0 Å². The quantitative estimate of drug-likeness (QED) is 0.545. The van der Waals surface area contributed by atoms with Gasteiger partial charge in [-0.3, -0.25) is 14.6 Å². The number of carbonyl (C=O) groups excluding carboxylic acids is 1. The number of anilines is 1. The number of halogens is 1. The summed E-state index contributed by atoms with van der Waals surface area (Å²) in [5.74, 6) is -0.708. The molecule has 4 rings (SSSR count). The highest BCUT2D eigenvalue weighted by molar-refractivity contribution is 6.05. The molecule has 30 heavy (non-hydrogen) atoms. The summed E-state index contributed by atoms with van der Waals surface area (Å²) in [5.41, 5.74) is 4.46. The van der Waals surface area contributed by atoms with Gasteiger partial charge in [0, 0.05) is 41.1 Å². The van der Waals surface area contributed by atoms with Crippen molar-refractivity contribution < 1.29 is 9.18 Å². The van der Waals surface area contributed by atoms with E-state index in [2.05, 4.69) is 10.3 Å². The first-order valence-corrected chi connectivity index (χ1v) is 9.48. The maximum atomic E-state index is 13.1. The maximum Gasteiger partial charge on any atom is 0.258 e. The zero-order valence-electron chi connectivity index (χ0n) is 16.9. The normalized spacial score (nSPS) is 10.9. The van der Waals surface area contributed by atoms with E-state index in [4.69, 9.17) is 0 Å². The van der Waals surface area contributed by atoms with Crippen molar-refractivity contribution in [2.45, 2.75) is 13.8 Å². The zero-order chi connectivity index (χ0) is 21.4. The number of fused-ring (bicyclic) bond motifs is 1. The van der Waals surface area contributed by atoms with E-state index in [0.717, 1.165) is 22.2 Å². The number of amides is 1. The first-order chi connectivity index (χ1) is 14.3. The molecule has 0 bridgehead atoms. The van der Waals surface area contributed by atoms with E-state index in [1.54, 1.807) is 29.9 Å². The van der Waals surface area contributed by atoms with Crippen LogP contribution >= 0.6 is 0 Å². The van der Waals surface area contributed by atoms with Gasteiger partial charge in [-0.25, -0.2) is 4.39 Å². The molecule has 0 radical (unpaired) electrons. The number of hydrogen-bond acceptors (Lipinski definition) is 3. The van der Waals surface area contributed by atoms with Crippen molar-refractivity contribution in [3.05, 3.63) is 93.8 Å². The van der Waals surface area contributed by atoms with E-state index >= 15 is 0 Å². The molecule has 4 aromatic rings. The van der Waals surface area contributed by atoms with Crippen LogP contribution in [0.2, 0.25) is 0 Å². The number of nitrogens with zero attached hydrogens (tertiary/aromatic N) is 2. The molecule has 5 nitrogen and oxygen atoms in total. The van der Waals surface area contributed by atoms with Crippen LogP contribution < -0.4 is 10.9 Å². The molecule has 2 heterocycles. The molecule has 0 spiro atoms. The fraction of sp³-hybridized carbons (Fsp3) is 0.125. The highest BCUT2D eigenvalue weighted by atomic mass is 19.1. The third-order valence-corrected chi connectivity index (χ3v) is 5.14. The Labute approximate surface area is 172 Å². The minimum atomic E-state index is -0.373. The van der Waals surface area contributed by atoms with Crippen molar-refractivity contribution in [2.75, 3.05) is 5.32 Å². The Morgan fingerprint density at radius 1 is 1.00 bits per heavy atom. The Morgan fingerprint density at radius 2 is 1.73 bits per heavy atom. The summed E-state index contributed by atoms with van der Waals surface area (Å²) in [6.45, 7) is 3.78. The molecule has 6 heteroatoms. The van der Waals surface area contributed by atoms with Crippen molar-refractivity contribution in [1.82, 2.24) is 9.55 Å². The molecule has 0 saturated carbocycles. The largest absolute Gasteiger partial charge is 0.322 e. The predicted molar refractivity (Wildman–Crippen MR) is 116 cm³/mol. The van der Waals surface area contributed by atoms with E-state index in [0.29, 0.717) is 22.4 Å². The van der Waals surface area contributed by atoms with Crippen molar-refractivity contribution in [2.24, 2.45) is 7.05 Å². The molecule has 1 N–H and O–H groups in total. The van der Waals surface area contributed by atoms with Gasteiger partial charge in [-0.15, -0.1) is 0 Å². The van der Waals surface area contributed by atoms with E-state index in [1.165, 1.54) is 24.3 Å². The smallest absolute Gasteiger partial charge is 0.258 e. The molecule has 0 aliphatic rings. The van der Waals surface area contributed by atoms with Gasteiger partial charge in [0.1, 0.15) is 5.82 Å². The summed E-state index contributed by atoms with van der Waals surface area (Å²) in [6, 6.07) is 14.5. The van der Waals surface area contributed by atoms with Crippen LogP contribution in [0.5, 0.6) is 0 Å². The van der Waals surface area contributed by atoms with E-state index in [9.17, 15) is 14.0 Å². The third-order valence-electron chi connectivity index (χ3n) is 5.14. The lowest BCUT2D eigenvalue weighted by atomic mass is 9.97. The van der Waals surface area contributed by atoms with Gasteiger partial charge < -0.3 is 9.88 Å². The van der Waals surface area contributed by atoms with Gasteiger partial charge in [0.05, 0.1) is 5.52 Å². The van der Waals surface area contributed by atoms with Gasteiger partial charge in [0.15, 0.2) is 0 Å². The number of nitrogens with one attached hydrogen (secondary N) is 1. The molecule has 0 aliphatic heterocycles. The van der Waals surface area contributed by atoms with Crippen LogP contribution in [0.1, 0.15) is 21.6 Å². The molecule has 150 valence electrons. The lowest BCUT2D eigenvalue weighted by molar-refractivity contribution is 0.102. The Kier molecular flexibility index (Phi) is 4.91. The van der Waals surface area contributed by atoms with Crippen LogP contribution in [0, 0.1) is 19.7 Å². The second-order valence-corrected chi connectivity index (χ2v) is 7.30. The lowest BCUT2D eigenvalue weighted by Crippen LogP contribution is -2.20. The number of aryl methyl sites for hydroxylation is 3. The van der Waals surface area contributed by atoms with E-state index in [1.807, 2.05) is 32.0 Å². The molecular weight excluding hydrogens is 381 g/mol. The van der Waals surface area contributed by atoms with Crippen LogP contribution in [0.4, 0.5) is 10.1 Å². The van der Waals surface area contributed by atoms with Crippen molar-refractivity contribution >= 4 is 22.5 Å². The average molecular weight is 401 g/mol. The first-order valence-electron chi connectivity index (χ1n) is 9.48. The monoisotopic (exact) mass is 401 g/mol. The van der Waals surface area contributed by atoms with E-state index < -0.39 is 0 Å². The molecule has 0 aliphatic carbocycles. The molecule has 2 aromatic carbocycles. The average Bonchev–Trinajstić information content (AvgIpc) is 2.73. The van der Waals surface area contributed by atoms with Crippen LogP contribution in [0.25, 0.3) is 22.0 Å². The Morgan fingerprint density at radius 3 is 2.47 bits per heavy atom. The lowest BCUT2D eigenvalue weighted by Gasteiger charge is -2.13. The zero-order valence-corrected chi connectivity index (χ0v) is 16.9. The second kappa shape index (κ2) is 7.55. The standard InChI is InChI=1S/C24H20FN3O2/c1-14-4-5-16(23(29)27-19-8-6-18(25)7-9-19)11-20(14)21-12-17-13-26-15(2)10-22(17)28(3)24(21)30/h4-13H,1-3H3,(H,27,29). The minimum absolute atomic E-state index is 0.146. The highest BCUT2D eigenvalue weighted by Crippen LogP contribution is 2.25. The van der Waals surface area contributed by atoms with Gasteiger partial charge in [0.25, 0.3) is 11.5 Å². The van der Waals surface area contributed by atoms with E-state index in [-0.39, 0.29) is 17.3 Å². The fourth-order valence-electron chi connectivity index (χ4n) is 3.45. The molecule has 2 aromatic heterocycles. The summed E-state index contributed by atoms with van der Waals surface area (Å²) in [4.78, 5) is 30.1. The molecular formula is C24H20FN3O2. The first kappa shape index (κ1) is 19.5. The summed E-state index contributed by atoms with van der Waals surface area (Å²) >= 11 is 0. The molecule has 1 amide bonds. The van der Waals surface area contributed by atoms with Crippen molar-refractivity contribution in [1.29, 1.82) is 0 Å². The molecule has 0 atom stereocenters. The number of carbonyl (C=O) groups is 1. The van der Waals surface area contributed by atoms with Gasteiger partial charge in [0.2, 0.25) is 0 Å². The summed E-state index contributed by atoms with van der Waals surface area (Å²) < 4.78 is 14.7. The number of hydrogen-bond donors (Lipinski definition) is 1. The van der Waals surface area contributed by atoms with Crippen molar-refractivity contribution in [3.8, 4) is 11.1 Å². The summed E-state index contributed by atoms with van der Waals surface area (Å²) in [6.07, 6.45) is 1.74. The number of rotatable bonds is 3. The van der Waals surface area contributed by atoms with Crippen LogP contribution in [-0.4, -0.2) is 15.5 Å². The third kappa shape index (κ3) is 3.59. The van der Waals surface area contributed by atoms with Gasteiger partial charge in [-0.05, 0) is 73.5 Å². The van der Waals surface area contributed by atoms with Crippen LogP contribution in [-0.2, 0) is 7.05 Å². The second-order valence-electron chi connectivity index (χ2n) is 7.30. The topological polar surface area (TPSA) is 64.0 Å². The molecule has 0 unspecified atom stereocenters. The Balaban J connectivity index is 1.78. The summed E-state index contributed by atoms with van der Waals surface area (Å²) in [7, 11) is 1.73. The van der Waals surface area contributed by atoms with Gasteiger partial charge >= 0.3 is 0 Å². The molecule has 0 fully saturated rings. The number of benzene rings is 2. The summed E-state index contributed by atoms with van der Waals surface area (Å²) in [5, 5.41) is 3.59. The van der Waals surface area contributed by atoms with Crippen LogP contribution in [0.15, 0.2) is 65.6 Å². The van der Waals surface area contributed by atoms with Gasteiger partial charge in [-0.1, -0.05) is 6.07 Å². The Hall–Kier alpha value is -3.80. The van der Waals surface area contributed by atoms with Gasteiger partial charge in [-0.2, -0.15) is 0 Å².